The molecule has 87 valence electrons. The number of hydrogen-bond acceptors (Lipinski definition) is 3. The Morgan fingerprint density at radius 3 is 2.38 bits per heavy atom. The van der Waals surface area contributed by atoms with E-state index in [-0.39, 0.29) is 17.1 Å². The average molecular weight is 267 g/mol. The first-order valence-electron chi connectivity index (χ1n) is 4.66. The summed E-state index contributed by atoms with van der Waals surface area (Å²) in [6, 6.07) is 9.52. The number of nitrogen functional groups attached to an aromatic ring is 1. The van der Waals surface area contributed by atoms with E-state index in [0.29, 0.717) is 5.69 Å². The molecule has 0 aliphatic rings. The summed E-state index contributed by atoms with van der Waals surface area (Å²) in [4.78, 5) is 0. The third kappa shape index (κ3) is 2.08. The van der Waals surface area contributed by atoms with Crippen molar-refractivity contribution >= 4 is 16.5 Å². The Labute approximate surface area is 105 Å². The number of nitrogens with two attached hydrogens (primary N) is 1. The van der Waals surface area contributed by atoms with Gasteiger partial charge in [-0.2, -0.15) is 0 Å². The molecule has 2 aromatic carbocycles. The fraction of sp³-hybridized carbons (Fsp3) is 0.167. The minimum absolute atomic E-state index is 0. The van der Waals surface area contributed by atoms with Crippen LogP contribution in [0.15, 0.2) is 30.3 Å². The van der Waals surface area contributed by atoms with Crippen LogP contribution in [0.2, 0.25) is 0 Å². The summed E-state index contributed by atoms with van der Waals surface area (Å²) in [6.07, 6.45) is 0. The van der Waals surface area contributed by atoms with Crippen LogP contribution in [0.3, 0.4) is 0 Å². The van der Waals surface area contributed by atoms with Crippen LogP contribution in [0.5, 0.6) is 11.5 Å². The number of fused-ring (bicyclic) bond motifs is 1. The Balaban J connectivity index is 0.00000128. The van der Waals surface area contributed by atoms with Gasteiger partial charge in [-0.1, -0.05) is 12.1 Å². The maximum absolute atomic E-state index is 5.92. The van der Waals surface area contributed by atoms with E-state index < -0.39 is 0 Å². The van der Waals surface area contributed by atoms with E-state index in [1.807, 2.05) is 30.3 Å². The first-order valence-corrected chi connectivity index (χ1v) is 4.66. The zero-order valence-electron chi connectivity index (χ0n) is 9.08. The third-order valence-corrected chi connectivity index (χ3v) is 2.42. The van der Waals surface area contributed by atoms with Crippen molar-refractivity contribution in [2.75, 3.05) is 20.0 Å². The first-order chi connectivity index (χ1) is 7.26. The van der Waals surface area contributed by atoms with Crippen LogP contribution >= 0.6 is 0 Å². The molecule has 0 aromatic heterocycles. The fourth-order valence-corrected chi connectivity index (χ4v) is 1.66. The van der Waals surface area contributed by atoms with Gasteiger partial charge in [-0.3, -0.25) is 0 Å². The van der Waals surface area contributed by atoms with Crippen LogP contribution in [0.25, 0.3) is 10.8 Å². The molecule has 0 aliphatic carbocycles. The summed E-state index contributed by atoms with van der Waals surface area (Å²) in [5, 5.41) is 1.95. The second-order valence-corrected chi connectivity index (χ2v) is 3.27. The molecule has 0 bridgehead atoms. The maximum atomic E-state index is 5.92. The van der Waals surface area contributed by atoms with Crippen molar-refractivity contribution in [3.8, 4) is 11.5 Å². The van der Waals surface area contributed by atoms with E-state index >= 15 is 0 Å². The zero-order valence-corrected chi connectivity index (χ0v) is 10.0. The van der Waals surface area contributed by atoms with Gasteiger partial charge >= 0.3 is 17.1 Å². The zero-order chi connectivity index (χ0) is 10.8. The standard InChI is InChI=1S/C12H13NO2.Cu/c1-14-8-6-10-9(11(13)7-8)4-3-5-12(10)15-2;/h3-7H,13H2,1-2H3;/q;+2. The van der Waals surface area contributed by atoms with Crippen molar-refractivity contribution < 1.29 is 26.5 Å². The number of hydrogen-bond donors (Lipinski definition) is 1. The van der Waals surface area contributed by atoms with Gasteiger partial charge in [0.15, 0.2) is 0 Å². The molecule has 0 saturated carbocycles. The van der Waals surface area contributed by atoms with Crippen molar-refractivity contribution in [2.24, 2.45) is 0 Å². The van der Waals surface area contributed by atoms with Gasteiger partial charge < -0.3 is 15.2 Å². The minimum atomic E-state index is 0. The van der Waals surface area contributed by atoms with Gasteiger partial charge in [-0.25, -0.2) is 0 Å². The van der Waals surface area contributed by atoms with Crippen LogP contribution in [-0.2, 0) is 17.1 Å². The van der Waals surface area contributed by atoms with Crippen molar-refractivity contribution in [3.05, 3.63) is 30.3 Å². The minimum Gasteiger partial charge on any atom is -0.497 e. The SMILES string of the molecule is COc1cc(N)c2cccc(OC)c2c1.[Cu+2]. The van der Waals surface area contributed by atoms with E-state index in [2.05, 4.69) is 0 Å². The second kappa shape index (κ2) is 5.10. The molecule has 0 fully saturated rings. The Morgan fingerprint density at radius 2 is 1.75 bits per heavy atom. The molecular formula is C12H13CuNO2+2. The van der Waals surface area contributed by atoms with E-state index in [9.17, 15) is 0 Å². The van der Waals surface area contributed by atoms with Crippen LogP contribution in [-0.4, -0.2) is 14.2 Å². The van der Waals surface area contributed by atoms with Crippen LogP contribution in [0.1, 0.15) is 0 Å². The van der Waals surface area contributed by atoms with Crippen LogP contribution < -0.4 is 15.2 Å². The molecular weight excluding hydrogens is 254 g/mol. The summed E-state index contributed by atoms with van der Waals surface area (Å²) in [5.74, 6) is 1.54. The Hall–Kier alpha value is -1.38. The van der Waals surface area contributed by atoms with Gasteiger partial charge in [0.05, 0.1) is 14.2 Å². The van der Waals surface area contributed by atoms with Crippen LogP contribution in [0, 0.1) is 0 Å². The molecule has 16 heavy (non-hydrogen) atoms. The fourth-order valence-electron chi connectivity index (χ4n) is 1.66. The Kier molecular flexibility index (Phi) is 4.05. The normalized spacial score (nSPS) is 9.62. The topological polar surface area (TPSA) is 44.5 Å². The molecule has 4 heteroatoms. The van der Waals surface area contributed by atoms with Gasteiger partial charge in [-0.05, 0) is 12.1 Å². The summed E-state index contributed by atoms with van der Waals surface area (Å²) < 4.78 is 10.4. The number of anilines is 1. The van der Waals surface area contributed by atoms with Crippen molar-refractivity contribution in [1.29, 1.82) is 0 Å². The summed E-state index contributed by atoms with van der Waals surface area (Å²) in [5.41, 5.74) is 6.62. The van der Waals surface area contributed by atoms with Crippen molar-refractivity contribution in [2.45, 2.75) is 0 Å². The molecule has 2 rings (SSSR count). The van der Waals surface area contributed by atoms with Crippen LogP contribution in [0.4, 0.5) is 5.69 Å². The van der Waals surface area contributed by atoms with Gasteiger partial charge in [0, 0.05) is 22.5 Å². The van der Waals surface area contributed by atoms with Gasteiger partial charge in [0.2, 0.25) is 0 Å². The molecule has 2 N–H and O–H groups in total. The van der Waals surface area contributed by atoms with Gasteiger partial charge in [-0.15, -0.1) is 0 Å². The third-order valence-electron chi connectivity index (χ3n) is 2.42. The maximum Gasteiger partial charge on any atom is 2.00 e. The molecule has 0 unspecified atom stereocenters. The number of benzene rings is 2. The van der Waals surface area contributed by atoms with E-state index in [1.54, 1.807) is 14.2 Å². The average Bonchev–Trinajstić information content (AvgIpc) is 2.28. The number of ether oxygens (including phenoxy) is 2. The molecule has 0 amide bonds. The predicted molar refractivity (Wildman–Crippen MR) is 61.5 cm³/mol. The number of rotatable bonds is 2. The molecule has 0 atom stereocenters. The van der Waals surface area contributed by atoms with E-state index in [1.165, 1.54) is 0 Å². The Bertz CT molecular complexity index is 500. The molecule has 3 nitrogen and oxygen atoms in total. The smallest absolute Gasteiger partial charge is 0.497 e. The molecule has 0 heterocycles. The molecule has 2 aromatic rings. The quantitative estimate of drug-likeness (QED) is 0.671. The monoisotopic (exact) mass is 266 g/mol. The van der Waals surface area contributed by atoms with Gasteiger partial charge in [0.1, 0.15) is 11.5 Å². The largest absolute Gasteiger partial charge is 2.00 e. The van der Waals surface area contributed by atoms with Crippen molar-refractivity contribution in [3.63, 3.8) is 0 Å². The van der Waals surface area contributed by atoms with Crippen molar-refractivity contribution in [1.82, 2.24) is 0 Å². The summed E-state index contributed by atoms with van der Waals surface area (Å²) >= 11 is 0. The number of methoxy groups -OCH3 is 2. The van der Waals surface area contributed by atoms with Gasteiger partial charge in [0.25, 0.3) is 0 Å². The molecule has 1 radical (unpaired) electrons. The van der Waals surface area contributed by atoms with E-state index in [0.717, 1.165) is 22.3 Å². The predicted octanol–water partition coefficient (Wildman–Crippen LogP) is 2.44. The Morgan fingerprint density at radius 1 is 1.00 bits per heavy atom. The molecule has 0 aliphatic heterocycles. The molecule has 0 spiro atoms. The summed E-state index contributed by atoms with van der Waals surface area (Å²) in [7, 11) is 3.26. The van der Waals surface area contributed by atoms with E-state index in [4.69, 9.17) is 15.2 Å². The first kappa shape index (κ1) is 12.7. The summed E-state index contributed by atoms with van der Waals surface area (Å²) in [6.45, 7) is 0. The second-order valence-electron chi connectivity index (χ2n) is 3.27. The molecule has 0 saturated heterocycles.